The van der Waals surface area contributed by atoms with Crippen molar-refractivity contribution in [3.8, 4) is 11.1 Å². The standard InChI is InChI=1S/C31H25O2P/c32-30(33)22-21-24-20-19-23-11-7-8-16-27(23)31(24)28-17-9-10-18-29(28)34(25-12-3-1-4-13-25)26-14-5-2-6-15-26/h1-20H,21-22H2,(H,32,33). The zero-order chi connectivity index (χ0) is 23.3. The molecule has 5 aromatic rings. The van der Waals surface area contributed by atoms with E-state index in [2.05, 4.69) is 121 Å². The Bertz CT molecular complexity index is 1390. The number of carbonyl (C=O) groups is 1. The summed E-state index contributed by atoms with van der Waals surface area (Å²) in [7, 11) is -0.796. The SMILES string of the molecule is O=C(O)CCc1ccc2ccccc2c1-c1ccccc1P(c1ccccc1)c1ccccc1. The van der Waals surface area contributed by atoms with E-state index >= 15 is 0 Å². The van der Waals surface area contributed by atoms with Crippen LogP contribution in [0.2, 0.25) is 0 Å². The minimum Gasteiger partial charge on any atom is -0.481 e. The first-order chi connectivity index (χ1) is 16.7. The first-order valence-electron chi connectivity index (χ1n) is 11.4. The van der Waals surface area contributed by atoms with Crippen LogP contribution in [0.5, 0.6) is 0 Å². The number of hydrogen-bond donors (Lipinski definition) is 1. The second-order valence-electron chi connectivity index (χ2n) is 8.24. The lowest BCUT2D eigenvalue weighted by atomic mass is 9.91. The topological polar surface area (TPSA) is 37.3 Å². The molecular weight excluding hydrogens is 435 g/mol. The molecule has 0 unspecified atom stereocenters. The van der Waals surface area contributed by atoms with Crippen molar-refractivity contribution >= 4 is 40.6 Å². The molecule has 0 heterocycles. The number of aliphatic carboxylic acids is 1. The van der Waals surface area contributed by atoms with Gasteiger partial charge in [-0.05, 0) is 57.7 Å². The Morgan fingerprint density at radius 1 is 0.647 bits per heavy atom. The number of benzene rings is 5. The molecule has 5 rings (SSSR count). The van der Waals surface area contributed by atoms with Crippen molar-refractivity contribution in [1.82, 2.24) is 0 Å². The molecule has 34 heavy (non-hydrogen) atoms. The highest BCUT2D eigenvalue weighted by atomic mass is 31.1. The van der Waals surface area contributed by atoms with Crippen molar-refractivity contribution in [2.75, 3.05) is 0 Å². The fourth-order valence-electron chi connectivity index (χ4n) is 4.55. The molecule has 5 aromatic carbocycles. The molecule has 0 spiro atoms. The van der Waals surface area contributed by atoms with Crippen LogP contribution in [-0.2, 0) is 11.2 Å². The second-order valence-corrected chi connectivity index (χ2v) is 10.4. The fraction of sp³-hybridized carbons (Fsp3) is 0.0645. The highest BCUT2D eigenvalue weighted by Gasteiger charge is 2.22. The molecule has 3 heteroatoms. The van der Waals surface area contributed by atoms with E-state index in [0.29, 0.717) is 6.42 Å². The van der Waals surface area contributed by atoms with Gasteiger partial charge in [0.05, 0.1) is 0 Å². The molecule has 0 aliphatic heterocycles. The lowest BCUT2D eigenvalue weighted by Crippen LogP contribution is -2.22. The van der Waals surface area contributed by atoms with E-state index in [9.17, 15) is 9.90 Å². The van der Waals surface area contributed by atoms with E-state index in [1.54, 1.807) is 0 Å². The Morgan fingerprint density at radius 3 is 1.91 bits per heavy atom. The molecule has 2 nitrogen and oxygen atoms in total. The van der Waals surface area contributed by atoms with Gasteiger partial charge in [0.15, 0.2) is 0 Å². The second kappa shape index (κ2) is 10.0. The molecule has 0 bridgehead atoms. The molecule has 0 amide bonds. The Labute approximate surface area is 201 Å². The van der Waals surface area contributed by atoms with Crippen LogP contribution in [0.3, 0.4) is 0 Å². The molecule has 0 aliphatic carbocycles. The zero-order valence-corrected chi connectivity index (χ0v) is 19.7. The lowest BCUT2D eigenvalue weighted by molar-refractivity contribution is -0.136. The highest BCUT2D eigenvalue weighted by Crippen LogP contribution is 2.40. The number of aryl methyl sites for hydroxylation is 1. The van der Waals surface area contributed by atoms with Crippen LogP contribution >= 0.6 is 7.92 Å². The van der Waals surface area contributed by atoms with Crippen LogP contribution in [0.4, 0.5) is 0 Å². The van der Waals surface area contributed by atoms with E-state index in [1.165, 1.54) is 21.5 Å². The fourth-order valence-corrected chi connectivity index (χ4v) is 7.00. The molecule has 0 radical (unpaired) electrons. The maximum atomic E-state index is 11.4. The lowest BCUT2D eigenvalue weighted by Gasteiger charge is -2.24. The van der Waals surface area contributed by atoms with Crippen LogP contribution < -0.4 is 15.9 Å². The number of rotatable bonds is 7. The molecular formula is C31H25O2P. The number of hydrogen-bond acceptors (Lipinski definition) is 1. The zero-order valence-electron chi connectivity index (χ0n) is 18.8. The van der Waals surface area contributed by atoms with Crippen LogP contribution in [-0.4, -0.2) is 11.1 Å². The Balaban J connectivity index is 1.78. The summed E-state index contributed by atoms with van der Waals surface area (Å²) in [6.45, 7) is 0. The number of fused-ring (bicyclic) bond motifs is 1. The molecule has 0 fully saturated rings. The van der Waals surface area contributed by atoms with Crippen molar-refractivity contribution in [3.63, 3.8) is 0 Å². The minimum absolute atomic E-state index is 0.111. The number of carboxylic acids is 1. The van der Waals surface area contributed by atoms with Gasteiger partial charge >= 0.3 is 5.97 Å². The average Bonchev–Trinajstić information content (AvgIpc) is 2.89. The maximum absolute atomic E-state index is 11.4. The number of carboxylic acid groups (broad SMARTS) is 1. The van der Waals surface area contributed by atoms with E-state index in [0.717, 1.165) is 21.9 Å². The van der Waals surface area contributed by atoms with Crippen LogP contribution in [0.1, 0.15) is 12.0 Å². The van der Waals surface area contributed by atoms with E-state index in [-0.39, 0.29) is 6.42 Å². The van der Waals surface area contributed by atoms with Gasteiger partial charge in [-0.25, -0.2) is 0 Å². The van der Waals surface area contributed by atoms with Gasteiger partial charge in [0, 0.05) is 6.42 Å². The van der Waals surface area contributed by atoms with Crippen molar-refractivity contribution < 1.29 is 9.90 Å². The highest BCUT2D eigenvalue weighted by molar-refractivity contribution is 7.80. The summed E-state index contributed by atoms with van der Waals surface area (Å²) >= 11 is 0. The summed E-state index contributed by atoms with van der Waals surface area (Å²) < 4.78 is 0. The van der Waals surface area contributed by atoms with Gasteiger partial charge in [0.25, 0.3) is 0 Å². The predicted octanol–water partition coefficient (Wildman–Crippen LogP) is 6.28. The Kier molecular flexibility index (Phi) is 6.51. The summed E-state index contributed by atoms with van der Waals surface area (Å²) in [6, 6.07) is 42.6. The summed E-state index contributed by atoms with van der Waals surface area (Å²) in [5.74, 6) is -0.775. The van der Waals surface area contributed by atoms with E-state index < -0.39 is 13.9 Å². The molecule has 1 N–H and O–H groups in total. The third kappa shape index (κ3) is 4.51. The molecule has 0 saturated heterocycles. The van der Waals surface area contributed by atoms with Gasteiger partial charge in [-0.1, -0.05) is 121 Å². The smallest absolute Gasteiger partial charge is 0.303 e. The van der Waals surface area contributed by atoms with E-state index in [1.807, 2.05) is 0 Å². The van der Waals surface area contributed by atoms with Gasteiger partial charge in [0.1, 0.15) is 0 Å². The molecule has 166 valence electrons. The minimum atomic E-state index is -0.796. The average molecular weight is 461 g/mol. The Hall–Kier alpha value is -3.74. The molecule has 0 aromatic heterocycles. The van der Waals surface area contributed by atoms with Gasteiger partial charge in [-0.3, -0.25) is 4.79 Å². The van der Waals surface area contributed by atoms with Gasteiger partial charge < -0.3 is 5.11 Å². The third-order valence-corrected chi connectivity index (χ3v) is 8.57. The van der Waals surface area contributed by atoms with Crippen molar-refractivity contribution in [2.45, 2.75) is 12.8 Å². The normalized spacial score (nSPS) is 11.1. The summed E-state index contributed by atoms with van der Waals surface area (Å²) in [5, 5.41) is 15.6. The molecule has 0 saturated carbocycles. The monoisotopic (exact) mass is 460 g/mol. The summed E-state index contributed by atoms with van der Waals surface area (Å²) in [5.41, 5.74) is 3.40. The summed E-state index contributed by atoms with van der Waals surface area (Å²) in [4.78, 5) is 11.4. The van der Waals surface area contributed by atoms with Crippen LogP contribution in [0.15, 0.2) is 121 Å². The van der Waals surface area contributed by atoms with Crippen molar-refractivity contribution in [3.05, 3.63) is 127 Å². The van der Waals surface area contributed by atoms with Crippen molar-refractivity contribution in [1.29, 1.82) is 0 Å². The Morgan fingerprint density at radius 2 is 1.24 bits per heavy atom. The van der Waals surface area contributed by atoms with Crippen LogP contribution in [0, 0.1) is 0 Å². The van der Waals surface area contributed by atoms with Crippen molar-refractivity contribution in [2.24, 2.45) is 0 Å². The predicted molar refractivity (Wildman–Crippen MR) is 144 cm³/mol. The van der Waals surface area contributed by atoms with Gasteiger partial charge in [-0.2, -0.15) is 0 Å². The van der Waals surface area contributed by atoms with Gasteiger partial charge in [-0.15, -0.1) is 0 Å². The quantitative estimate of drug-likeness (QED) is 0.290. The first kappa shape index (κ1) is 22.1. The van der Waals surface area contributed by atoms with Gasteiger partial charge in [0.2, 0.25) is 0 Å². The van der Waals surface area contributed by atoms with E-state index in [4.69, 9.17) is 0 Å². The molecule has 0 atom stereocenters. The third-order valence-electron chi connectivity index (χ3n) is 6.07. The first-order valence-corrected chi connectivity index (χ1v) is 12.8. The maximum Gasteiger partial charge on any atom is 0.303 e. The van der Waals surface area contributed by atoms with Crippen LogP contribution in [0.25, 0.3) is 21.9 Å². The molecule has 0 aliphatic rings. The largest absolute Gasteiger partial charge is 0.481 e. The summed E-state index contributed by atoms with van der Waals surface area (Å²) in [6.07, 6.45) is 0.609.